The molecular formula is C30H30FN3OS. The minimum Gasteiger partial charge on any atom is -0.338 e. The van der Waals surface area contributed by atoms with Crippen molar-refractivity contribution in [3.8, 4) is 0 Å². The number of carbonyl (C=O) groups is 1. The van der Waals surface area contributed by atoms with Crippen molar-refractivity contribution in [3.05, 3.63) is 100 Å². The molecule has 6 heteroatoms. The number of thiophene rings is 1. The number of nitrogens with zero attached hydrogens (tertiary/aromatic N) is 3. The third-order valence-corrected chi connectivity index (χ3v) is 8.70. The minimum absolute atomic E-state index is 0.0517. The molecule has 2 atom stereocenters. The van der Waals surface area contributed by atoms with E-state index in [4.69, 9.17) is 0 Å². The molecule has 4 aromatic rings. The minimum atomic E-state index is -0.344. The second-order valence-corrected chi connectivity index (χ2v) is 10.9. The van der Waals surface area contributed by atoms with Gasteiger partial charge in [-0.2, -0.15) is 11.3 Å². The van der Waals surface area contributed by atoms with Crippen LogP contribution in [-0.4, -0.2) is 53.4 Å². The Hall–Kier alpha value is -3.09. The quantitative estimate of drug-likeness (QED) is 0.329. The number of halogens is 1. The van der Waals surface area contributed by atoms with Crippen molar-refractivity contribution in [2.45, 2.75) is 24.7 Å². The fraction of sp³-hybridized carbons (Fsp3) is 0.333. The number of fused-ring (bicyclic) bond motifs is 1. The summed E-state index contributed by atoms with van der Waals surface area (Å²) in [6, 6.07) is 19.4. The molecule has 0 aliphatic carbocycles. The molecule has 2 aliphatic heterocycles. The number of piperidine rings is 1. The largest absolute Gasteiger partial charge is 0.338 e. The fourth-order valence-corrected chi connectivity index (χ4v) is 6.80. The zero-order chi connectivity index (χ0) is 24.5. The normalized spacial score (nSPS) is 21.3. The molecule has 0 saturated carbocycles. The SMILES string of the molecule is O=C(c1ccc(F)c2cccnc12)N1CC(CN2CCC(c3ccccc3)CC2)C(c2ccsc2)C1. The number of benzene rings is 2. The van der Waals surface area contributed by atoms with E-state index in [1.165, 1.54) is 30.0 Å². The summed E-state index contributed by atoms with van der Waals surface area (Å²) in [5.74, 6) is 0.924. The van der Waals surface area contributed by atoms with Crippen molar-refractivity contribution in [1.29, 1.82) is 0 Å². The molecule has 0 bridgehead atoms. The Morgan fingerprint density at radius 1 is 0.972 bits per heavy atom. The second-order valence-electron chi connectivity index (χ2n) is 10.1. The number of carbonyl (C=O) groups excluding carboxylic acids is 1. The Morgan fingerprint density at radius 3 is 2.58 bits per heavy atom. The van der Waals surface area contributed by atoms with Gasteiger partial charge in [0.05, 0.1) is 11.1 Å². The van der Waals surface area contributed by atoms with E-state index in [9.17, 15) is 9.18 Å². The summed E-state index contributed by atoms with van der Waals surface area (Å²) in [6.07, 6.45) is 3.98. The zero-order valence-electron chi connectivity index (χ0n) is 20.2. The highest BCUT2D eigenvalue weighted by Gasteiger charge is 2.38. The second kappa shape index (κ2) is 10.1. The number of hydrogen-bond acceptors (Lipinski definition) is 4. The standard InChI is InChI=1S/C30H30FN3OS/c31-28-9-8-26(29-25(28)7-4-13-32-29)30(35)34-18-24(27(19-34)23-12-16-36-20-23)17-33-14-10-22(11-15-33)21-5-2-1-3-6-21/h1-9,12-13,16,20,22,24,27H,10-11,14-15,17-19H2. The summed E-state index contributed by atoms with van der Waals surface area (Å²) in [6.45, 7) is 4.57. The Morgan fingerprint density at radius 2 is 1.81 bits per heavy atom. The van der Waals surface area contributed by atoms with Crippen LogP contribution in [-0.2, 0) is 0 Å². The molecule has 2 fully saturated rings. The first-order valence-electron chi connectivity index (χ1n) is 12.8. The molecule has 2 aromatic heterocycles. The first-order chi connectivity index (χ1) is 17.7. The van der Waals surface area contributed by atoms with Crippen LogP contribution in [0, 0.1) is 11.7 Å². The van der Waals surface area contributed by atoms with Gasteiger partial charge in [-0.1, -0.05) is 30.3 Å². The van der Waals surface area contributed by atoms with Crippen LogP contribution in [0.5, 0.6) is 0 Å². The number of rotatable bonds is 5. The van der Waals surface area contributed by atoms with Gasteiger partial charge in [0.25, 0.3) is 5.91 Å². The highest BCUT2D eigenvalue weighted by molar-refractivity contribution is 7.08. The van der Waals surface area contributed by atoms with Crippen LogP contribution in [0.4, 0.5) is 4.39 Å². The smallest absolute Gasteiger partial charge is 0.256 e. The highest BCUT2D eigenvalue weighted by atomic mass is 32.1. The van der Waals surface area contributed by atoms with E-state index in [1.54, 1.807) is 35.7 Å². The van der Waals surface area contributed by atoms with Crippen molar-refractivity contribution in [2.24, 2.45) is 5.92 Å². The third kappa shape index (κ3) is 4.56. The van der Waals surface area contributed by atoms with E-state index in [2.05, 4.69) is 57.0 Å². The van der Waals surface area contributed by atoms with Crippen molar-refractivity contribution in [1.82, 2.24) is 14.8 Å². The van der Waals surface area contributed by atoms with Crippen LogP contribution >= 0.6 is 11.3 Å². The molecule has 2 aromatic carbocycles. The molecule has 2 saturated heterocycles. The summed E-state index contributed by atoms with van der Waals surface area (Å²) in [7, 11) is 0. The Bertz CT molecular complexity index is 1340. The lowest BCUT2D eigenvalue weighted by atomic mass is 9.87. The Balaban J connectivity index is 1.19. The molecule has 36 heavy (non-hydrogen) atoms. The summed E-state index contributed by atoms with van der Waals surface area (Å²) in [5.41, 5.74) is 3.70. The molecule has 184 valence electrons. The van der Waals surface area contributed by atoms with Crippen molar-refractivity contribution < 1.29 is 9.18 Å². The van der Waals surface area contributed by atoms with Gasteiger partial charge in [-0.15, -0.1) is 0 Å². The van der Waals surface area contributed by atoms with E-state index in [1.807, 2.05) is 4.90 Å². The first-order valence-corrected chi connectivity index (χ1v) is 13.7. The molecule has 2 aliphatic rings. The number of pyridine rings is 1. The maximum Gasteiger partial charge on any atom is 0.256 e. The van der Waals surface area contributed by atoms with E-state index in [-0.39, 0.29) is 11.7 Å². The van der Waals surface area contributed by atoms with Crippen LogP contribution in [0.2, 0.25) is 0 Å². The van der Waals surface area contributed by atoms with Crippen LogP contribution in [0.1, 0.15) is 46.2 Å². The number of aromatic nitrogens is 1. The predicted octanol–water partition coefficient (Wildman–Crippen LogP) is 6.17. The van der Waals surface area contributed by atoms with Gasteiger partial charge in [0, 0.05) is 37.1 Å². The van der Waals surface area contributed by atoms with Crippen molar-refractivity contribution >= 4 is 28.1 Å². The number of amides is 1. The highest BCUT2D eigenvalue weighted by Crippen LogP contribution is 2.37. The Kier molecular flexibility index (Phi) is 6.55. The third-order valence-electron chi connectivity index (χ3n) is 8.00. The summed E-state index contributed by atoms with van der Waals surface area (Å²) in [5, 5.41) is 4.75. The van der Waals surface area contributed by atoms with Crippen LogP contribution in [0.3, 0.4) is 0 Å². The van der Waals surface area contributed by atoms with Gasteiger partial charge in [-0.25, -0.2) is 4.39 Å². The van der Waals surface area contributed by atoms with Gasteiger partial charge >= 0.3 is 0 Å². The fourth-order valence-electron chi connectivity index (χ4n) is 6.07. The molecule has 6 rings (SSSR count). The monoisotopic (exact) mass is 499 g/mol. The zero-order valence-corrected chi connectivity index (χ0v) is 21.0. The number of hydrogen-bond donors (Lipinski definition) is 0. The van der Waals surface area contributed by atoms with E-state index in [0.29, 0.717) is 47.3 Å². The maximum absolute atomic E-state index is 14.3. The van der Waals surface area contributed by atoms with Gasteiger partial charge in [0.2, 0.25) is 0 Å². The van der Waals surface area contributed by atoms with E-state index in [0.717, 1.165) is 19.6 Å². The average Bonchev–Trinajstić information content (AvgIpc) is 3.60. The van der Waals surface area contributed by atoms with E-state index < -0.39 is 0 Å². The van der Waals surface area contributed by atoms with Crippen LogP contribution in [0.15, 0.2) is 77.6 Å². The lowest BCUT2D eigenvalue weighted by molar-refractivity contribution is 0.0783. The van der Waals surface area contributed by atoms with Gasteiger partial charge < -0.3 is 9.80 Å². The molecule has 0 N–H and O–H groups in total. The van der Waals surface area contributed by atoms with Crippen LogP contribution < -0.4 is 0 Å². The summed E-state index contributed by atoms with van der Waals surface area (Å²) >= 11 is 1.71. The summed E-state index contributed by atoms with van der Waals surface area (Å²) in [4.78, 5) is 22.6. The average molecular weight is 500 g/mol. The van der Waals surface area contributed by atoms with Gasteiger partial charge in [0.1, 0.15) is 5.82 Å². The molecule has 0 spiro atoms. The molecule has 4 nitrogen and oxygen atoms in total. The van der Waals surface area contributed by atoms with Gasteiger partial charge in [0.15, 0.2) is 0 Å². The lowest BCUT2D eigenvalue weighted by Crippen LogP contribution is -2.38. The predicted molar refractivity (Wildman–Crippen MR) is 143 cm³/mol. The van der Waals surface area contributed by atoms with Gasteiger partial charge in [-0.05, 0) is 90.0 Å². The Labute approximate surface area is 215 Å². The topological polar surface area (TPSA) is 36.4 Å². The van der Waals surface area contributed by atoms with Crippen molar-refractivity contribution in [3.63, 3.8) is 0 Å². The van der Waals surface area contributed by atoms with Crippen LogP contribution in [0.25, 0.3) is 10.9 Å². The molecule has 2 unspecified atom stereocenters. The van der Waals surface area contributed by atoms with E-state index >= 15 is 0 Å². The van der Waals surface area contributed by atoms with Crippen molar-refractivity contribution in [2.75, 3.05) is 32.7 Å². The first kappa shape index (κ1) is 23.3. The molecule has 1 amide bonds. The summed E-state index contributed by atoms with van der Waals surface area (Å²) < 4.78 is 14.3. The number of likely N-dealkylation sites (tertiary alicyclic amines) is 2. The molecule has 0 radical (unpaired) electrons. The molecular weight excluding hydrogens is 469 g/mol. The lowest BCUT2D eigenvalue weighted by Gasteiger charge is -2.34. The van der Waals surface area contributed by atoms with Gasteiger partial charge in [-0.3, -0.25) is 9.78 Å². The maximum atomic E-state index is 14.3. The molecule has 4 heterocycles.